The molecule has 20 heavy (non-hydrogen) atoms. The van der Waals surface area contributed by atoms with Gasteiger partial charge >= 0.3 is 0 Å². The van der Waals surface area contributed by atoms with Gasteiger partial charge in [0.1, 0.15) is 0 Å². The van der Waals surface area contributed by atoms with E-state index in [9.17, 15) is 4.79 Å². The van der Waals surface area contributed by atoms with Crippen molar-refractivity contribution in [1.82, 2.24) is 0 Å². The van der Waals surface area contributed by atoms with Gasteiger partial charge in [0.15, 0.2) is 5.78 Å². The van der Waals surface area contributed by atoms with Crippen LogP contribution in [0.15, 0.2) is 48.5 Å². The van der Waals surface area contributed by atoms with Crippen LogP contribution in [0.5, 0.6) is 0 Å². The lowest BCUT2D eigenvalue weighted by atomic mass is 9.89. The Morgan fingerprint density at radius 1 is 1.05 bits per heavy atom. The van der Waals surface area contributed by atoms with E-state index in [0.29, 0.717) is 6.42 Å². The van der Waals surface area contributed by atoms with Crippen molar-refractivity contribution in [2.45, 2.75) is 32.6 Å². The maximum absolute atomic E-state index is 12.3. The Morgan fingerprint density at radius 3 is 2.20 bits per heavy atom. The lowest BCUT2D eigenvalue weighted by Gasteiger charge is -2.14. The minimum absolute atomic E-state index is 0.201. The first-order valence-corrected chi connectivity index (χ1v) is 7.33. The smallest absolute Gasteiger partial charge is 0.163 e. The summed E-state index contributed by atoms with van der Waals surface area (Å²) in [6.07, 6.45) is 1.49. The fourth-order valence-electron chi connectivity index (χ4n) is 2.31. The minimum Gasteiger partial charge on any atom is -0.294 e. The van der Waals surface area contributed by atoms with E-state index in [4.69, 9.17) is 11.6 Å². The average Bonchev–Trinajstić information content (AvgIpc) is 2.46. The lowest BCUT2D eigenvalue weighted by Crippen LogP contribution is -2.07. The molecular formula is C18H19ClO. The monoisotopic (exact) mass is 286 g/mol. The molecule has 0 bridgehead atoms. The molecule has 0 spiro atoms. The van der Waals surface area contributed by atoms with E-state index >= 15 is 0 Å². The maximum Gasteiger partial charge on any atom is 0.163 e. The highest BCUT2D eigenvalue weighted by atomic mass is 35.5. The molecule has 2 aromatic carbocycles. The zero-order valence-corrected chi connectivity index (χ0v) is 12.7. The van der Waals surface area contributed by atoms with Gasteiger partial charge in [0.2, 0.25) is 0 Å². The van der Waals surface area contributed by atoms with Crippen molar-refractivity contribution in [3.05, 3.63) is 70.2 Å². The molecule has 0 aromatic heterocycles. The summed E-state index contributed by atoms with van der Waals surface area (Å²) < 4.78 is 0. The van der Waals surface area contributed by atoms with Crippen LogP contribution in [0.3, 0.4) is 0 Å². The van der Waals surface area contributed by atoms with Gasteiger partial charge in [0.05, 0.1) is 0 Å². The summed E-state index contributed by atoms with van der Waals surface area (Å²) in [6, 6.07) is 15.6. The first-order chi connectivity index (χ1) is 9.60. The van der Waals surface area contributed by atoms with Crippen molar-refractivity contribution >= 4 is 17.4 Å². The molecule has 0 amide bonds. The highest BCUT2D eigenvalue weighted by Crippen LogP contribution is 2.26. The zero-order valence-electron chi connectivity index (χ0n) is 11.9. The molecule has 2 aromatic rings. The van der Waals surface area contributed by atoms with Gasteiger partial charge in [0, 0.05) is 17.0 Å². The predicted octanol–water partition coefficient (Wildman–Crippen LogP) is 5.42. The standard InChI is InChI=1S/C18H19ClO/c1-3-14(15-8-10-17(19)11-9-15)12-18(20)16-6-4-13(2)5-7-16/h4-11,14H,3,12H2,1-2H3/t14-/m0/s1. The van der Waals surface area contributed by atoms with E-state index in [2.05, 4.69) is 6.92 Å². The van der Waals surface area contributed by atoms with Crippen molar-refractivity contribution in [2.75, 3.05) is 0 Å². The summed E-state index contributed by atoms with van der Waals surface area (Å²) in [7, 11) is 0. The molecule has 1 nitrogen and oxygen atoms in total. The van der Waals surface area contributed by atoms with Gasteiger partial charge in [-0.1, -0.05) is 60.5 Å². The summed E-state index contributed by atoms with van der Waals surface area (Å²) in [5.74, 6) is 0.452. The topological polar surface area (TPSA) is 17.1 Å². The number of halogens is 1. The molecule has 2 heteroatoms. The number of ketones is 1. The van der Waals surface area contributed by atoms with E-state index < -0.39 is 0 Å². The van der Waals surface area contributed by atoms with E-state index in [-0.39, 0.29) is 11.7 Å². The van der Waals surface area contributed by atoms with Crippen molar-refractivity contribution in [3.8, 4) is 0 Å². The SMILES string of the molecule is CC[C@@H](CC(=O)c1ccc(C)cc1)c1ccc(Cl)cc1. The predicted molar refractivity (Wildman–Crippen MR) is 84.6 cm³/mol. The van der Waals surface area contributed by atoms with Crippen LogP contribution in [0.4, 0.5) is 0 Å². The number of Topliss-reactive ketones (excluding diaryl/α,β-unsaturated/α-hetero) is 1. The molecule has 104 valence electrons. The van der Waals surface area contributed by atoms with Crippen LogP contribution in [0.1, 0.15) is 47.2 Å². The minimum atomic E-state index is 0.201. The van der Waals surface area contributed by atoms with Gasteiger partial charge in [-0.3, -0.25) is 4.79 Å². The molecule has 0 saturated heterocycles. The summed E-state index contributed by atoms with van der Waals surface area (Å²) in [4.78, 5) is 12.3. The van der Waals surface area contributed by atoms with Crippen molar-refractivity contribution in [3.63, 3.8) is 0 Å². The Morgan fingerprint density at radius 2 is 1.65 bits per heavy atom. The first-order valence-electron chi connectivity index (χ1n) is 6.95. The van der Waals surface area contributed by atoms with Crippen LogP contribution >= 0.6 is 11.6 Å². The van der Waals surface area contributed by atoms with Gasteiger partial charge in [-0.05, 0) is 37.0 Å². The first kappa shape index (κ1) is 14.8. The Balaban J connectivity index is 2.11. The highest BCUT2D eigenvalue weighted by Gasteiger charge is 2.15. The molecule has 0 aliphatic heterocycles. The van der Waals surface area contributed by atoms with E-state index in [1.807, 2.05) is 55.5 Å². The summed E-state index contributed by atoms with van der Waals surface area (Å²) in [5, 5.41) is 0.730. The number of aryl methyl sites for hydroxylation is 1. The van der Waals surface area contributed by atoms with Gasteiger partial charge in [0.25, 0.3) is 0 Å². The second kappa shape index (κ2) is 6.71. The number of benzene rings is 2. The summed E-state index contributed by atoms with van der Waals surface area (Å²) in [5.41, 5.74) is 3.15. The third-order valence-corrected chi connectivity index (χ3v) is 3.89. The molecule has 0 heterocycles. The quantitative estimate of drug-likeness (QED) is 0.671. The number of hydrogen-bond donors (Lipinski definition) is 0. The van der Waals surface area contributed by atoms with E-state index in [1.54, 1.807) is 0 Å². The van der Waals surface area contributed by atoms with E-state index in [0.717, 1.165) is 17.0 Å². The van der Waals surface area contributed by atoms with Crippen LogP contribution < -0.4 is 0 Å². The van der Waals surface area contributed by atoms with Gasteiger partial charge in [-0.2, -0.15) is 0 Å². The Hall–Kier alpha value is -1.60. The average molecular weight is 287 g/mol. The van der Waals surface area contributed by atoms with Gasteiger partial charge in [-0.15, -0.1) is 0 Å². The largest absolute Gasteiger partial charge is 0.294 e. The van der Waals surface area contributed by atoms with Crippen LogP contribution in [0, 0.1) is 6.92 Å². The molecule has 0 radical (unpaired) electrons. The van der Waals surface area contributed by atoms with Crippen LogP contribution in [-0.4, -0.2) is 5.78 Å². The van der Waals surface area contributed by atoms with Crippen LogP contribution in [0.25, 0.3) is 0 Å². The maximum atomic E-state index is 12.3. The second-order valence-electron chi connectivity index (χ2n) is 5.15. The Kier molecular flexibility index (Phi) is 4.97. The third kappa shape index (κ3) is 3.71. The molecule has 0 fully saturated rings. The molecule has 1 atom stereocenters. The van der Waals surface area contributed by atoms with E-state index in [1.165, 1.54) is 11.1 Å². The van der Waals surface area contributed by atoms with Crippen LogP contribution in [0.2, 0.25) is 5.02 Å². The number of rotatable bonds is 5. The normalized spacial score (nSPS) is 12.2. The molecule has 0 N–H and O–H groups in total. The molecule has 0 aliphatic carbocycles. The number of carbonyl (C=O) groups excluding carboxylic acids is 1. The summed E-state index contributed by atoms with van der Waals surface area (Å²) in [6.45, 7) is 4.14. The highest BCUT2D eigenvalue weighted by molar-refractivity contribution is 6.30. The Bertz CT molecular complexity index is 569. The van der Waals surface area contributed by atoms with Crippen molar-refractivity contribution in [1.29, 1.82) is 0 Å². The fourth-order valence-corrected chi connectivity index (χ4v) is 2.44. The zero-order chi connectivity index (χ0) is 14.5. The Labute approximate surface area is 125 Å². The molecule has 0 saturated carbocycles. The van der Waals surface area contributed by atoms with Crippen molar-refractivity contribution in [2.24, 2.45) is 0 Å². The molecule has 0 aliphatic rings. The van der Waals surface area contributed by atoms with Crippen molar-refractivity contribution < 1.29 is 4.79 Å². The number of carbonyl (C=O) groups is 1. The fraction of sp³-hybridized carbons (Fsp3) is 0.278. The van der Waals surface area contributed by atoms with Crippen LogP contribution in [-0.2, 0) is 0 Å². The lowest BCUT2D eigenvalue weighted by molar-refractivity contribution is 0.0973. The second-order valence-corrected chi connectivity index (χ2v) is 5.59. The summed E-state index contributed by atoms with van der Waals surface area (Å²) >= 11 is 5.91. The molecular weight excluding hydrogens is 268 g/mol. The van der Waals surface area contributed by atoms with Gasteiger partial charge < -0.3 is 0 Å². The third-order valence-electron chi connectivity index (χ3n) is 3.64. The number of hydrogen-bond acceptors (Lipinski definition) is 1. The molecule has 2 rings (SSSR count). The van der Waals surface area contributed by atoms with Gasteiger partial charge in [-0.25, -0.2) is 0 Å². The molecule has 0 unspecified atom stereocenters.